The van der Waals surface area contributed by atoms with Gasteiger partial charge in [0.15, 0.2) is 7.37 Å². The number of carboxylic acids is 1. The minimum absolute atomic E-state index is 0. The Bertz CT molecular complexity index is 179. The van der Waals surface area contributed by atoms with Crippen LogP contribution in [-0.4, -0.2) is 34.8 Å². The Kier molecular flexibility index (Phi) is 5.79. The van der Waals surface area contributed by atoms with Crippen LogP contribution in [0.4, 0.5) is 0 Å². The van der Waals surface area contributed by atoms with Crippen LogP contribution in [0.2, 0.25) is 0 Å². The summed E-state index contributed by atoms with van der Waals surface area (Å²) in [7, 11) is -3.28. The lowest BCUT2D eigenvalue weighted by atomic mass is 10.4. The molecule has 2 atom stereocenters. The molecule has 0 aromatic rings. The molecule has 0 aromatic heterocycles. The van der Waals surface area contributed by atoms with Crippen molar-refractivity contribution in [2.75, 3.05) is 12.8 Å². The van der Waals surface area contributed by atoms with Gasteiger partial charge in [0, 0.05) is 6.66 Å². The lowest BCUT2D eigenvalue weighted by Gasteiger charge is -2.07. The number of carboxylic acid groups (broad SMARTS) is 1. The summed E-state index contributed by atoms with van der Waals surface area (Å²) in [6.45, 7) is 1.08. The first kappa shape index (κ1) is 13.5. The predicted octanol–water partition coefficient (Wildman–Crippen LogP) is -0.280. The molecule has 68 valence electrons. The van der Waals surface area contributed by atoms with Crippen LogP contribution in [0.5, 0.6) is 0 Å². The van der Waals surface area contributed by atoms with Crippen molar-refractivity contribution in [3.05, 3.63) is 0 Å². The van der Waals surface area contributed by atoms with Crippen molar-refractivity contribution in [3.63, 3.8) is 0 Å². The summed E-state index contributed by atoms with van der Waals surface area (Å²) >= 11 is 0. The molecule has 0 heterocycles. The first-order chi connectivity index (χ1) is 4.33. The molecule has 0 rings (SSSR count). The van der Waals surface area contributed by atoms with E-state index in [9.17, 15) is 9.36 Å². The topological polar surface area (TPSA) is 101 Å². The quantitative estimate of drug-likeness (QED) is 0.548. The van der Waals surface area contributed by atoms with Crippen molar-refractivity contribution in [1.82, 2.24) is 0 Å². The maximum absolute atomic E-state index is 10.5. The molecule has 0 aromatic carbocycles. The molecule has 0 saturated carbocycles. The SMILES string of the molecule is CP(=O)(O)CC(N)C(=O)O.Cl. The Morgan fingerprint density at radius 2 is 2.09 bits per heavy atom. The molecule has 11 heavy (non-hydrogen) atoms. The number of hydrogen-bond donors (Lipinski definition) is 3. The Balaban J connectivity index is 0. The molecular formula is C4H11ClNO4P. The minimum atomic E-state index is -3.28. The third-order valence-electron chi connectivity index (χ3n) is 0.853. The summed E-state index contributed by atoms with van der Waals surface area (Å²) in [4.78, 5) is 18.7. The van der Waals surface area contributed by atoms with Crippen LogP contribution in [0.25, 0.3) is 0 Å². The fourth-order valence-electron chi connectivity index (χ4n) is 0.443. The second-order valence-electron chi connectivity index (χ2n) is 2.18. The molecule has 2 unspecified atom stereocenters. The van der Waals surface area contributed by atoms with Crippen LogP contribution in [-0.2, 0) is 9.36 Å². The van der Waals surface area contributed by atoms with Gasteiger partial charge in [-0.3, -0.25) is 9.36 Å². The van der Waals surface area contributed by atoms with Gasteiger partial charge >= 0.3 is 5.97 Å². The van der Waals surface area contributed by atoms with Gasteiger partial charge in [0.25, 0.3) is 0 Å². The summed E-state index contributed by atoms with van der Waals surface area (Å²) in [5.41, 5.74) is 4.97. The van der Waals surface area contributed by atoms with E-state index in [1.54, 1.807) is 0 Å². The van der Waals surface area contributed by atoms with Crippen LogP contribution in [0, 0.1) is 0 Å². The standard InChI is InChI=1S/C4H10NO4P.ClH/c1-10(8,9)2-3(5)4(6)7;/h3H,2,5H2,1H3,(H,6,7)(H,8,9);1H. The van der Waals surface area contributed by atoms with Gasteiger partial charge < -0.3 is 15.7 Å². The molecule has 0 saturated heterocycles. The molecule has 5 nitrogen and oxygen atoms in total. The van der Waals surface area contributed by atoms with E-state index in [1.165, 1.54) is 0 Å². The van der Waals surface area contributed by atoms with Gasteiger partial charge in [-0.25, -0.2) is 0 Å². The zero-order chi connectivity index (χ0) is 8.36. The van der Waals surface area contributed by atoms with Crippen LogP contribution in [0.3, 0.4) is 0 Å². The van der Waals surface area contributed by atoms with Crippen molar-refractivity contribution >= 4 is 25.7 Å². The smallest absolute Gasteiger partial charge is 0.321 e. The van der Waals surface area contributed by atoms with Gasteiger partial charge in [-0.2, -0.15) is 0 Å². The zero-order valence-electron chi connectivity index (χ0n) is 5.93. The van der Waals surface area contributed by atoms with Crippen LogP contribution < -0.4 is 5.73 Å². The molecule has 7 heteroatoms. The van der Waals surface area contributed by atoms with Crippen molar-refractivity contribution in [2.45, 2.75) is 6.04 Å². The monoisotopic (exact) mass is 203 g/mol. The van der Waals surface area contributed by atoms with E-state index < -0.39 is 19.4 Å². The van der Waals surface area contributed by atoms with Crippen LogP contribution in [0.1, 0.15) is 0 Å². The Labute approximate surface area is 70.5 Å². The number of nitrogens with two attached hydrogens (primary N) is 1. The van der Waals surface area contributed by atoms with Crippen LogP contribution >= 0.6 is 19.8 Å². The molecule has 0 aliphatic rings. The largest absolute Gasteiger partial charge is 0.480 e. The number of hydrogen-bond acceptors (Lipinski definition) is 3. The highest BCUT2D eigenvalue weighted by Crippen LogP contribution is 2.35. The van der Waals surface area contributed by atoms with Crippen molar-refractivity contribution in [1.29, 1.82) is 0 Å². The average molecular weight is 204 g/mol. The fraction of sp³-hybridized carbons (Fsp3) is 0.750. The third-order valence-corrected chi connectivity index (χ3v) is 1.92. The number of halogens is 1. The first-order valence-electron chi connectivity index (χ1n) is 2.60. The van der Waals surface area contributed by atoms with E-state index in [-0.39, 0.29) is 18.6 Å². The second kappa shape index (κ2) is 4.72. The van der Waals surface area contributed by atoms with Gasteiger partial charge in [0.05, 0.1) is 6.16 Å². The zero-order valence-corrected chi connectivity index (χ0v) is 7.64. The van der Waals surface area contributed by atoms with Crippen molar-refractivity contribution < 1.29 is 19.4 Å². The highest BCUT2D eigenvalue weighted by Gasteiger charge is 2.20. The lowest BCUT2D eigenvalue weighted by molar-refractivity contribution is -0.138. The number of carbonyl (C=O) groups is 1. The van der Waals surface area contributed by atoms with Gasteiger partial charge in [-0.1, -0.05) is 0 Å². The van der Waals surface area contributed by atoms with E-state index in [0.29, 0.717) is 0 Å². The summed E-state index contributed by atoms with van der Waals surface area (Å²) < 4.78 is 10.5. The van der Waals surface area contributed by atoms with Crippen molar-refractivity contribution in [3.8, 4) is 0 Å². The molecule has 0 fully saturated rings. The number of rotatable bonds is 3. The second-order valence-corrected chi connectivity index (χ2v) is 4.65. The normalized spacial score (nSPS) is 17.7. The minimum Gasteiger partial charge on any atom is -0.480 e. The first-order valence-corrected chi connectivity index (χ1v) is 4.90. The average Bonchev–Trinajstić information content (AvgIpc) is 1.60. The lowest BCUT2D eigenvalue weighted by Crippen LogP contribution is -2.33. The Hall–Kier alpha value is -0.0900. The molecule has 0 amide bonds. The molecular weight excluding hydrogens is 192 g/mol. The molecule has 0 spiro atoms. The Morgan fingerprint density at radius 1 is 1.73 bits per heavy atom. The fourth-order valence-corrected chi connectivity index (χ4v) is 1.33. The summed E-state index contributed by atoms with van der Waals surface area (Å²) in [6.07, 6.45) is -0.373. The van der Waals surface area contributed by atoms with E-state index in [2.05, 4.69) is 0 Å². The molecule has 0 aliphatic carbocycles. The maximum Gasteiger partial charge on any atom is 0.321 e. The van der Waals surface area contributed by atoms with Gasteiger partial charge in [-0.15, -0.1) is 12.4 Å². The van der Waals surface area contributed by atoms with Gasteiger partial charge in [0.2, 0.25) is 0 Å². The highest BCUT2D eigenvalue weighted by molar-refractivity contribution is 7.57. The molecule has 0 bridgehead atoms. The van der Waals surface area contributed by atoms with Crippen LogP contribution in [0.15, 0.2) is 0 Å². The third kappa shape index (κ3) is 7.81. The number of aliphatic carboxylic acids is 1. The van der Waals surface area contributed by atoms with E-state index in [4.69, 9.17) is 15.7 Å². The van der Waals surface area contributed by atoms with Gasteiger partial charge in [0.1, 0.15) is 6.04 Å². The summed E-state index contributed by atoms with van der Waals surface area (Å²) in [6, 6.07) is -1.24. The summed E-state index contributed by atoms with van der Waals surface area (Å²) in [5, 5.41) is 8.19. The maximum atomic E-state index is 10.5. The van der Waals surface area contributed by atoms with Crippen molar-refractivity contribution in [2.24, 2.45) is 5.73 Å². The molecule has 0 aliphatic heterocycles. The van der Waals surface area contributed by atoms with E-state index in [1.807, 2.05) is 0 Å². The van der Waals surface area contributed by atoms with E-state index >= 15 is 0 Å². The Morgan fingerprint density at radius 3 is 2.18 bits per heavy atom. The molecule has 4 N–H and O–H groups in total. The predicted molar refractivity (Wildman–Crippen MR) is 43.5 cm³/mol. The van der Waals surface area contributed by atoms with E-state index in [0.717, 1.165) is 6.66 Å². The molecule has 0 radical (unpaired) electrons. The summed E-state index contributed by atoms with van der Waals surface area (Å²) in [5.74, 6) is -1.25. The highest BCUT2D eigenvalue weighted by atomic mass is 35.5. The van der Waals surface area contributed by atoms with Gasteiger partial charge in [-0.05, 0) is 0 Å².